The van der Waals surface area contributed by atoms with Gasteiger partial charge < -0.3 is 18.9 Å². The molecule has 0 fully saturated rings. The minimum atomic E-state index is 1.09. The van der Waals surface area contributed by atoms with Gasteiger partial charge in [-0.3, -0.25) is 0 Å². The van der Waals surface area contributed by atoms with Crippen molar-refractivity contribution in [2.24, 2.45) is 0 Å². The number of hydrogen-bond acceptors (Lipinski definition) is 2. The molecule has 0 N–H and O–H groups in total. The number of fused-ring (bicyclic) bond motifs is 8. The fourth-order valence-electron chi connectivity index (χ4n) is 11.1. The van der Waals surface area contributed by atoms with Crippen LogP contribution in [0.15, 0.2) is 279 Å². The Morgan fingerprint density at radius 2 is 0.500 bits per heavy atom. The zero-order valence-corrected chi connectivity index (χ0v) is 40.5. The van der Waals surface area contributed by atoms with Crippen LogP contribution in [0, 0.1) is 0 Å². The van der Waals surface area contributed by atoms with Crippen LogP contribution < -0.4 is 9.80 Å². The topological polar surface area (TPSA) is 16.3 Å². The van der Waals surface area contributed by atoms with E-state index >= 15 is 0 Å². The second-order valence-electron chi connectivity index (χ2n) is 19.0. The molecule has 348 valence electrons. The molecule has 0 radical (unpaired) electrons. The highest BCUT2D eigenvalue weighted by Gasteiger charge is 2.18. The lowest BCUT2D eigenvalue weighted by Crippen LogP contribution is -2.10. The van der Waals surface area contributed by atoms with Crippen LogP contribution >= 0.6 is 0 Å². The summed E-state index contributed by atoms with van der Waals surface area (Å²) in [5, 5.41) is 9.88. The maximum Gasteiger partial charge on any atom is 0.0541 e. The Bertz CT molecular complexity index is 4020. The SMILES string of the molecule is C(=C\c1ccc(N(c2ccc(-n3c4ccccc4c4ccccc43)cc2)c2ccc3ccccc3c2)cc1)/c1ccc(N(c2ccc(-n3c4ccccc4c4ccccc43)cc2)c2ccc3ccccc3c2)cc1. The normalized spacial score (nSPS) is 11.7. The van der Waals surface area contributed by atoms with Crippen LogP contribution in [0.1, 0.15) is 11.1 Å². The first-order chi connectivity index (χ1) is 36.7. The Hall–Kier alpha value is -9.90. The molecule has 0 aliphatic rings. The lowest BCUT2D eigenvalue weighted by atomic mass is 10.1. The third kappa shape index (κ3) is 7.56. The minimum absolute atomic E-state index is 1.09. The van der Waals surface area contributed by atoms with Gasteiger partial charge in [0.25, 0.3) is 0 Å². The van der Waals surface area contributed by atoms with Crippen molar-refractivity contribution in [3.05, 3.63) is 290 Å². The first-order valence-electron chi connectivity index (χ1n) is 25.3. The summed E-state index contributed by atoms with van der Waals surface area (Å²) in [4.78, 5) is 4.71. The number of rotatable bonds is 10. The second-order valence-corrected chi connectivity index (χ2v) is 19.0. The highest BCUT2D eigenvalue weighted by atomic mass is 15.1. The largest absolute Gasteiger partial charge is 0.310 e. The number of nitrogens with zero attached hydrogens (tertiary/aromatic N) is 4. The van der Waals surface area contributed by atoms with Gasteiger partial charge in [0, 0.05) is 67.0 Å². The first-order valence-corrected chi connectivity index (χ1v) is 25.3. The summed E-state index contributed by atoms with van der Waals surface area (Å²) in [6.45, 7) is 0. The van der Waals surface area contributed by atoms with Gasteiger partial charge in [-0.05, 0) is 154 Å². The summed E-state index contributed by atoms with van der Waals surface area (Å²) < 4.78 is 4.74. The van der Waals surface area contributed by atoms with E-state index in [1.807, 2.05) is 0 Å². The smallest absolute Gasteiger partial charge is 0.0541 e. The van der Waals surface area contributed by atoms with Gasteiger partial charge in [0.2, 0.25) is 0 Å². The number of anilines is 6. The van der Waals surface area contributed by atoms with E-state index in [1.165, 1.54) is 65.2 Å². The highest BCUT2D eigenvalue weighted by molar-refractivity contribution is 6.10. The molecule has 2 heterocycles. The number of aromatic nitrogens is 2. The number of hydrogen-bond donors (Lipinski definition) is 0. The molecule has 0 spiro atoms. The van der Waals surface area contributed by atoms with Gasteiger partial charge in [-0.25, -0.2) is 0 Å². The van der Waals surface area contributed by atoms with Gasteiger partial charge in [0.15, 0.2) is 0 Å². The van der Waals surface area contributed by atoms with Crippen LogP contribution in [0.2, 0.25) is 0 Å². The molecule has 0 saturated carbocycles. The van der Waals surface area contributed by atoms with Crippen molar-refractivity contribution in [1.82, 2.24) is 9.13 Å². The van der Waals surface area contributed by atoms with Crippen LogP contribution in [0.3, 0.4) is 0 Å². The molecule has 2 aromatic heterocycles. The molecular formula is C70H48N4. The quantitative estimate of drug-likeness (QED) is 0.127. The molecule has 0 bridgehead atoms. The summed E-state index contributed by atoms with van der Waals surface area (Å²) in [5.41, 5.74) is 15.9. The van der Waals surface area contributed by atoms with Crippen molar-refractivity contribution in [1.29, 1.82) is 0 Å². The van der Waals surface area contributed by atoms with E-state index in [0.717, 1.165) is 56.6 Å². The highest BCUT2D eigenvalue weighted by Crippen LogP contribution is 2.41. The van der Waals surface area contributed by atoms with E-state index in [9.17, 15) is 0 Å². The molecule has 74 heavy (non-hydrogen) atoms. The predicted octanol–water partition coefficient (Wildman–Crippen LogP) is 19.3. The van der Waals surface area contributed by atoms with Crippen LogP contribution in [-0.2, 0) is 0 Å². The Morgan fingerprint density at radius 1 is 0.230 bits per heavy atom. The Kier molecular flexibility index (Phi) is 10.5. The van der Waals surface area contributed by atoms with Gasteiger partial charge >= 0.3 is 0 Å². The molecule has 14 rings (SSSR count). The lowest BCUT2D eigenvalue weighted by molar-refractivity contribution is 1.17. The summed E-state index contributed by atoms with van der Waals surface area (Å²) in [6.07, 6.45) is 4.41. The van der Waals surface area contributed by atoms with Crippen molar-refractivity contribution in [2.45, 2.75) is 0 Å². The zero-order valence-electron chi connectivity index (χ0n) is 40.5. The molecular weight excluding hydrogens is 897 g/mol. The van der Waals surface area contributed by atoms with E-state index in [1.54, 1.807) is 0 Å². The number of benzene rings is 12. The fraction of sp³-hybridized carbons (Fsp3) is 0. The summed E-state index contributed by atoms with van der Waals surface area (Å²) in [6, 6.07) is 101. The summed E-state index contributed by atoms with van der Waals surface area (Å²) in [7, 11) is 0. The lowest BCUT2D eigenvalue weighted by Gasteiger charge is -2.26. The maximum atomic E-state index is 2.37. The second kappa shape index (κ2) is 18.1. The van der Waals surface area contributed by atoms with E-state index in [0.29, 0.717) is 0 Å². The first kappa shape index (κ1) is 42.9. The molecule has 14 aromatic rings. The van der Waals surface area contributed by atoms with E-state index in [-0.39, 0.29) is 0 Å². The van der Waals surface area contributed by atoms with Crippen LogP contribution in [-0.4, -0.2) is 9.13 Å². The monoisotopic (exact) mass is 944 g/mol. The van der Waals surface area contributed by atoms with Crippen molar-refractivity contribution >= 4 is 111 Å². The predicted molar refractivity (Wildman–Crippen MR) is 315 cm³/mol. The molecule has 12 aromatic carbocycles. The van der Waals surface area contributed by atoms with E-state index in [4.69, 9.17) is 0 Å². The van der Waals surface area contributed by atoms with Gasteiger partial charge in [-0.2, -0.15) is 0 Å². The van der Waals surface area contributed by atoms with Gasteiger partial charge in [0.05, 0.1) is 22.1 Å². The molecule has 0 saturated heterocycles. The third-order valence-electron chi connectivity index (χ3n) is 14.6. The average Bonchev–Trinajstić information content (AvgIpc) is 4.01. The van der Waals surface area contributed by atoms with Gasteiger partial charge in [0.1, 0.15) is 0 Å². The molecule has 0 aliphatic carbocycles. The van der Waals surface area contributed by atoms with Crippen molar-refractivity contribution < 1.29 is 0 Å². The molecule has 4 heteroatoms. The standard InChI is InChI=1S/C70H48N4/c1-3-15-53-47-61(37-31-51(53)13-1)71(57-39-43-59(44-40-57)73-67-21-9-5-17-63(67)64-18-6-10-22-68(64)73)55-33-27-49(28-34-55)25-26-50-29-35-56(36-30-50)72(62-38-32-52-14-2-4-16-54(52)48-62)58-41-45-60(46-42-58)74-69-23-11-7-19-65(69)66-20-8-12-24-70(66)74/h1-48H/b26-25+. The molecule has 0 amide bonds. The Balaban J connectivity index is 0.769. The van der Waals surface area contributed by atoms with Crippen LogP contribution in [0.5, 0.6) is 0 Å². The Morgan fingerprint density at radius 3 is 0.838 bits per heavy atom. The van der Waals surface area contributed by atoms with Crippen molar-refractivity contribution in [2.75, 3.05) is 9.80 Å². The third-order valence-corrected chi connectivity index (χ3v) is 14.6. The number of para-hydroxylation sites is 4. The van der Waals surface area contributed by atoms with Crippen LogP contribution in [0.25, 0.3) is 88.7 Å². The van der Waals surface area contributed by atoms with E-state index in [2.05, 4.69) is 310 Å². The minimum Gasteiger partial charge on any atom is -0.310 e. The molecule has 4 nitrogen and oxygen atoms in total. The summed E-state index contributed by atoms with van der Waals surface area (Å²) in [5.74, 6) is 0. The molecule has 0 unspecified atom stereocenters. The summed E-state index contributed by atoms with van der Waals surface area (Å²) >= 11 is 0. The molecule has 0 atom stereocenters. The van der Waals surface area contributed by atoms with E-state index < -0.39 is 0 Å². The maximum absolute atomic E-state index is 2.37. The van der Waals surface area contributed by atoms with Crippen molar-refractivity contribution in [3.63, 3.8) is 0 Å². The Labute approximate surface area is 429 Å². The zero-order chi connectivity index (χ0) is 49.0. The van der Waals surface area contributed by atoms with Gasteiger partial charge in [-0.15, -0.1) is 0 Å². The van der Waals surface area contributed by atoms with Crippen molar-refractivity contribution in [3.8, 4) is 11.4 Å². The fourth-order valence-corrected chi connectivity index (χ4v) is 11.1. The molecule has 0 aliphatic heterocycles. The average molecular weight is 945 g/mol. The van der Waals surface area contributed by atoms with Crippen LogP contribution in [0.4, 0.5) is 34.1 Å². The van der Waals surface area contributed by atoms with Gasteiger partial charge in [-0.1, -0.05) is 170 Å².